The van der Waals surface area contributed by atoms with Gasteiger partial charge in [-0.25, -0.2) is 9.78 Å². The summed E-state index contributed by atoms with van der Waals surface area (Å²) in [6.07, 6.45) is 7.95. The van der Waals surface area contributed by atoms with Crippen molar-refractivity contribution in [3.63, 3.8) is 0 Å². The molecule has 3 atom stereocenters. The van der Waals surface area contributed by atoms with Gasteiger partial charge in [0.15, 0.2) is 0 Å². The first kappa shape index (κ1) is 22.3. The maximum atomic E-state index is 12.3. The molecule has 0 aliphatic carbocycles. The number of hydrogen-bond donors (Lipinski definition) is 3. The van der Waals surface area contributed by atoms with Crippen molar-refractivity contribution in [3.8, 4) is 0 Å². The normalized spacial score (nSPS) is 21.4. The Morgan fingerprint density at radius 2 is 2.00 bits per heavy atom. The molecule has 1 amide bonds. The molecule has 3 N–H and O–H groups in total. The minimum atomic E-state index is -0.984. The van der Waals surface area contributed by atoms with Crippen LogP contribution in [0.1, 0.15) is 48.0 Å². The molecule has 4 rings (SSSR count). The van der Waals surface area contributed by atoms with Crippen molar-refractivity contribution in [2.45, 2.75) is 50.6 Å². The molecule has 0 saturated carbocycles. The zero-order valence-electron chi connectivity index (χ0n) is 18.4. The number of aliphatic carboxylic acids is 1. The van der Waals surface area contributed by atoms with Crippen molar-refractivity contribution < 1.29 is 14.7 Å². The van der Waals surface area contributed by atoms with Crippen molar-refractivity contribution in [3.05, 3.63) is 59.8 Å². The van der Waals surface area contributed by atoms with Crippen LogP contribution in [0.3, 0.4) is 0 Å². The zero-order chi connectivity index (χ0) is 22.3. The Morgan fingerprint density at radius 3 is 2.81 bits per heavy atom. The molecule has 1 aromatic carbocycles. The predicted octanol–water partition coefficient (Wildman–Crippen LogP) is 3.18. The van der Waals surface area contributed by atoms with Gasteiger partial charge in [-0.15, -0.1) is 0 Å². The van der Waals surface area contributed by atoms with Gasteiger partial charge in [-0.05, 0) is 74.8 Å². The fourth-order valence-electron chi connectivity index (χ4n) is 4.77. The number of likely N-dealkylation sites (tertiary alicyclic amines) is 1. The van der Waals surface area contributed by atoms with Gasteiger partial charge < -0.3 is 20.6 Å². The summed E-state index contributed by atoms with van der Waals surface area (Å²) in [6, 6.07) is 12.5. The lowest BCUT2D eigenvalue weighted by atomic mass is 9.93. The number of aromatic nitrogens is 1. The number of hydrogen-bond acceptors (Lipinski definition) is 5. The van der Waals surface area contributed by atoms with E-state index >= 15 is 0 Å². The summed E-state index contributed by atoms with van der Waals surface area (Å²) in [4.78, 5) is 30.8. The summed E-state index contributed by atoms with van der Waals surface area (Å²) in [5, 5.41) is 15.8. The van der Waals surface area contributed by atoms with Crippen molar-refractivity contribution >= 4 is 17.7 Å². The van der Waals surface area contributed by atoms with Crippen LogP contribution in [0, 0.1) is 5.92 Å². The molecule has 3 heterocycles. The average molecular weight is 437 g/mol. The molecule has 32 heavy (non-hydrogen) atoms. The number of nitrogens with one attached hydrogen (secondary N) is 2. The second-order valence-corrected chi connectivity index (χ2v) is 8.94. The van der Waals surface area contributed by atoms with Gasteiger partial charge in [0.2, 0.25) is 0 Å². The number of nitrogens with zero attached hydrogens (tertiary/aromatic N) is 2. The van der Waals surface area contributed by atoms with E-state index in [1.165, 1.54) is 12.0 Å². The molecular formula is C25H32N4O3. The van der Waals surface area contributed by atoms with Crippen LogP contribution in [-0.2, 0) is 11.2 Å². The highest BCUT2D eigenvalue weighted by molar-refractivity contribution is 5.96. The average Bonchev–Trinajstić information content (AvgIpc) is 3.28. The standard InChI is InChI=1S/C25H32N4O3/c30-24(20-5-2-1-3-6-20)28-22(25(31)32)13-16-29-15-12-18(17-29)8-10-21-11-9-19-7-4-14-26-23(19)27-21/h1-7,14,18,21-22H,8-13,15-17H2,(H,26,27)(H,28,30)(H,31,32). The SMILES string of the molecule is O=C(NC(CCN1CCC(CCC2CCc3cccnc3N2)C1)C(=O)O)c1ccccc1. The Hall–Kier alpha value is -2.93. The van der Waals surface area contributed by atoms with E-state index in [1.807, 2.05) is 18.3 Å². The Balaban J connectivity index is 1.19. The highest BCUT2D eigenvalue weighted by atomic mass is 16.4. The number of pyridine rings is 1. The topological polar surface area (TPSA) is 94.6 Å². The van der Waals surface area contributed by atoms with Gasteiger partial charge in [0.25, 0.3) is 5.91 Å². The smallest absolute Gasteiger partial charge is 0.326 e. The van der Waals surface area contributed by atoms with Crippen LogP contribution in [0.15, 0.2) is 48.7 Å². The fourth-order valence-corrected chi connectivity index (χ4v) is 4.77. The number of carbonyl (C=O) groups is 2. The second kappa shape index (κ2) is 10.6. The first-order valence-electron chi connectivity index (χ1n) is 11.6. The van der Waals surface area contributed by atoms with Gasteiger partial charge in [-0.1, -0.05) is 24.3 Å². The second-order valence-electron chi connectivity index (χ2n) is 8.94. The lowest BCUT2D eigenvalue weighted by Crippen LogP contribution is -2.43. The van der Waals surface area contributed by atoms with E-state index in [0.29, 0.717) is 30.5 Å². The molecular weight excluding hydrogens is 404 g/mol. The predicted molar refractivity (Wildman–Crippen MR) is 124 cm³/mol. The molecule has 7 heteroatoms. The van der Waals surface area contributed by atoms with Crippen LogP contribution in [-0.4, -0.2) is 58.6 Å². The van der Waals surface area contributed by atoms with E-state index < -0.39 is 12.0 Å². The molecule has 1 fully saturated rings. The summed E-state index contributed by atoms with van der Waals surface area (Å²) >= 11 is 0. The zero-order valence-corrected chi connectivity index (χ0v) is 18.4. The monoisotopic (exact) mass is 436 g/mol. The van der Waals surface area contributed by atoms with Crippen molar-refractivity contribution in [2.24, 2.45) is 5.92 Å². The summed E-state index contributed by atoms with van der Waals surface area (Å²) in [6.45, 7) is 2.67. The van der Waals surface area contributed by atoms with Gasteiger partial charge in [-0.3, -0.25) is 4.79 Å². The van der Waals surface area contributed by atoms with Crippen molar-refractivity contribution in [1.29, 1.82) is 0 Å². The van der Waals surface area contributed by atoms with E-state index in [9.17, 15) is 14.7 Å². The highest BCUT2D eigenvalue weighted by Gasteiger charge is 2.27. The minimum absolute atomic E-state index is 0.339. The molecule has 1 aromatic heterocycles. The first-order valence-corrected chi connectivity index (χ1v) is 11.6. The largest absolute Gasteiger partial charge is 0.480 e. The van der Waals surface area contributed by atoms with E-state index in [1.54, 1.807) is 24.3 Å². The van der Waals surface area contributed by atoms with Crippen LogP contribution in [0.2, 0.25) is 0 Å². The van der Waals surface area contributed by atoms with Crippen LogP contribution < -0.4 is 10.6 Å². The number of fused-ring (bicyclic) bond motifs is 1. The molecule has 2 aliphatic rings. The Kier molecular flexibility index (Phi) is 7.37. The van der Waals surface area contributed by atoms with Gasteiger partial charge in [0, 0.05) is 30.9 Å². The van der Waals surface area contributed by atoms with Crippen LogP contribution >= 0.6 is 0 Å². The molecule has 0 spiro atoms. The Morgan fingerprint density at radius 1 is 1.16 bits per heavy atom. The number of benzene rings is 1. The third-order valence-corrected chi connectivity index (χ3v) is 6.66. The number of rotatable bonds is 9. The van der Waals surface area contributed by atoms with Gasteiger partial charge >= 0.3 is 5.97 Å². The highest BCUT2D eigenvalue weighted by Crippen LogP contribution is 2.27. The molecule has 0 bridgehead atoms. The number of amides is 1. The first-order chi connectivity index (χ1) is 15.6. The molecule has 170 valence electrons. The third-order valence-electron chi connectivity index (χ3n) is 6.66. The van der Waals surface area contributed by atoms with Crippen molar-refractivity contribution in [1.82, 2.24) is 15.2 Å². The van der Waals surface area contributed by atoms with E-state index in [0.717, 1.165) is 44.6 Å². The molecule has 2 aliphatic heterocycles. The van der Waals surface area contributed by atoms with Crippen molar-refractivity contribution in [2.75, 3.05) is 25.0 Å². The number of carboxylic acids is 1. The van der Waals surface area contributed by atoms with E-state index in [4.69, 9.17) is 0 Å². The summed E-state index contributed by atoms with van der Waals surface area (Å²) < 4.78 is 0. The Labute approximate surface area is 189 Å². The van der Waals surface area contributed by atoms with E-state index in [-0.39, 0.29) is 5.91 Å². The maximum Gasteiger partial charge on any atom is 0.326 e. The molecule has 1 saturated heterocycles. The summed E-state index contributed by atoms with van der Waals surface area (Å²) in [5.74, 6) is 0.355. The number of carboxylic acid groups (broad SMARTS) is 1. The summed E-state index contributed by atoms with van der Waals surface area (Å²) in [7, 11) is 0. The molecule has 3 unspecified atom stereocenters. The van der Waals surface area contributed by atoms with Crippen LogP contribution in [0.25, 0.3) is 0 Å². The van der Waals surface area contributed by atoms with Crippen LogP contribution in [0.4, 0.5) is 5.82 Å². The molecule has 2 aromatic rings. The van der Waals surface area contributed by atoms with Crippen LogP contribution in [0.5, 0.6) is 0 Å². The third kappa shape index (κ3) is 5.85. The fraction of sp³-hybridized carbons (Fsp3) is 0.480. The Bertz CT molecular complexity index is 920. The molecule has 7 nitrogen and oxygen atoms in total. The minimum Gasteiger partial charge on any atom is -0.480 e. The number of aryl methyl sites for hydroxylation is 1. The quantitative estimate of drug-likeness (QED) is 0.559. The van der Waals surface area contributed by atoms with Gasteiger partial charge in [0.1, 0.15) is 11.9 Å². The van der Waals surface area contributed by atoms with Gasteiger partial charge in [-0.2, -0.15) is 0 Å². The lowest BCUT2D eigenvalue weighted by molar-refractivity contribution is -0.139. The number of carbonyl (C=O) groups excluding carboxylic acids is 1. The summed E-state index contributed by atoms with van der Waals surface area (Å²) in [5.41, 5.74) is 1.79. The van der Waals surface area contributed by atoms with E-state index in [2.05, 4.69) is 26.6 Å². The lowest BCUT2D eigenvalue weighted by Gasteiger charge is -2.27. The number of anilines is 1. The molecule has 0 radical (unpaired) electrons. The van der Waals surface area contributed by atoms with Gasteiger partial charge in [0.05, 0.1) is 0 Å². The maximum absolute atomic E-state index is 12.3.